The lowest BCUT2D eigenvalue weighted by molar-refractivity contribution is 0.102. The molecule has 2 heterocycles. The maximum Gasteiger partial charge on any atom is 0.276 e. The maximum absolute atomic E-state index is 13.3. The van der Waals surface area contributed by atoms with Crippen LogP contribution >= 0.6 is 11.6 Å². The van der Waals surface area contributed by atoms with Crippen LogP contribution in [0.4, 0.5) is 11.4 Å². The van der Waals surface area contributed by atoms with Gasteiger partial charge in [-0.15, -0.1) is 0 Å². The first-order valence-electron chi connectivity index (χ1n) is 10.7. The molecule has 0 fully saturated rings. The first kappa shape index (κ1) is 24.4. The van der Waals surface area contributed by atoms with Crippen molar-refractivity contribution in [3.63, 3.8) is 0 Å². The van der Waals surface area contributed by atoms with Crippen molar-refractivity contribution in [2.45, 2.75) is 25.2 Å². The van der Waals surface area contributed by atoms with Crippen LogP contribution in [-0.2, 0) is 22.9 Å². The van der Waals surface area contributed by atoms with Crippen LogP contribution in [-0.4, -0.2) is 30.5 Å². The molecule has 0 aliphatic heterocycles. The fourth-order valence-electron chi connectivity index (χ4n) is 3.39. The molecule has 1 N–H and O–H groups in total. The SMILES string of the molecule is Cc1ccc(NC(=O)c2nc(S(C)(=O)=O)ncc2N(Cc2ccc(Cl)cc2)Cc2ccco2)cc1. The van der Waals surface area contributed by atoms with Gasteiger partial charge < -0.3 is 14.6 Å². The smallest absolute Gasteiger partial charge is 0.276 e. The predicted octanol–water partition coefficient (Wildman–Crippen LogP) is 4.89. The Bertz CT molecular complexity index is 1420. The van der Waals surface area contributed by atoms with Gasteiger partial charge in [0.15, 0.2) is 5.69 Å². The number of hydrogen-bond acceptors (Lipinski definition) is 7. The van der Waals surface area contributed by atoms with E-state index < -0.39 is 20.9 Å². The first-order valence-corrected chi connectivity index (χ1v) is 12.9. The number of nitrogens with one attached hydrogen (secondary N) is 1. The number of aryl methyl sites for hydroxylation is 1. The number of amides is 1. The van der Waals surface area contributed by atoms with Crippen molar-refractivity contribution in [2.24, 2.45) is 0 Å². The van der Waals surface area contributed by atoms with E-state index in [2.05, 4.69) is 15.3 Å². The number of hydrogen-bond donors (Lipinski definition) is 1. The van der Waals surface area contributed by atoms with Gasteiger partial charge in [0.2, 0.25) is 15.0 Å². The summed E-state index contributed by atoms with van der Waals surface area (Å²) in [5.41, 5.74) is 2.80. The summed E-state index contributed by atoms with van der Waals surface area (Å²) in [5, 5.41) is 2.97. The zero-order chi connectivity index (χ0) is 25.0. The molecule has 0 saturated carbocycles. The Kier molecular flexibility index (Phi) is 7.18. The lowest BCUT2D eigenvalue weighted by Crippen LogP contribution is -2.27. The molecule has 0 aliphatic carbocycles. The van der Waals surface area contributed by atoms with E-state index in [4.69, 9.17) is 16.0 Å². The number of nitrogens with zero attached hydrogens (tertiary/aromatic N) is 3. The van der Waals surface area contributed by atoms with Crippen molar-refractivity contribution in [3.8, 4) is 0 Å². The summed E-state index contributed by atoms with van der Waals surface area (Å²) in [6.45, 7) is 2.60. The van der Waals surface area contributed by atoms with Crippen LogP contribution in [0, 0.1) is 6.92 Å². The second kappa shape index (κ2) is 10.3. The second-order valence-corrected chi connectivity index (χ2v) is 10.4. The summed E-state index contributed by atoms with van der Waals surface area (Å²) in [6.07, 6.45) is 3.91. The summed E-state index contributed by atoms with van der Waals surface area (Å²) in [6, 6.07) is 18.1. The highest BCUT2D eigenvalue weighted by molar-refractivity contribution is 7.90. The molecule has 0 spiro atoms. The average molecular weight is 511 g/mol. The Hall–Kier alpha value is -3.69. The fraction of sp³-hybridized carbons (Fsp3) is 0.160. The van der Waals surface area contributed by atoms with Crippen LogP contribution in [0.2, 0.25) is 5.02 Å². The lowest BCUT2D eigenvalue weighted by Gasteiger charge is -2.25. The maximum atomic E-state index is 13.3. The molecular formula is C25H23ClN4O4S. The third-order valence-corrected chi connectivity index (χ3v) is 6.27. The number of aromatic nitrogens is 2. The van der Waals surface area contributed by atoms with Crippen LogP contribution in [0.1, 0.15) is 27.4 Å². The molecule has 4 rings (SSSR count). The number of rotatable bonds is 8. The van der Waals surface area contributed by atoms with E-state index in [1.54, 1.807) is 36.6 Å². The van der Waals surface area contributed by atoms with Crippen molar-refractivity contribution in [1.29, 1.82) is 0 Å². The quantitative estimate of drug-likeness (QED) is 0.336. The van der Waals surface area contributed by atoms with Crippen LogP contribution < -0.4 is 10.2 Å². The van der Waals surface area contributed by atoms with Gasteiger partial charge in [0, 0.05) is 23.5 Å². The molecule has 8 nitrogen and oxygen atoms in total. The molecule has 0 saturated heterocycles. The molecule has 35 heavy (non-hydrogen) atoms. The summed E-state index contributed by atoms with van der Waals surface area (Å²) in [5.74, 6) is 0.0905. The fourth-order valence-corrected chi connectivity index (χ4v) is 4.02. The van der Waals surface area contributed by atoms with Gasteiger partial charge in [0.1, 0.15) is 5.76 Å². The van der Waals surface area contributed by atoms with Gasteiger partial charge >= 0.3 is 0 Å². The number of sulfone groups is 1. The Morgan fingerprint density at radius 3 is 2.40 bits per heavy atom. The van der Waals surface area contributed by atoms with Crippen LogP contribution in [0.15, 0.2) is 82.7 Å². The summed E-state index contributed by atoms with van der Waals surface area (Å²) in [4.78, 5) is 23.4. The molecule has 0 unspecified atom stereocenters. The second-order valence-electron chi connectivity index (χ2n) is 8.04. The molecule has 10 heteroatoms. The van der Waals surface area contributed by atoms with Crippen molar-refractivity contribution in [2.75, 3.05) is 16.5 Å². The van der Waals surface area contributed by atoms with Crippen LogP contribution in [0.5, 0.6) is 0 Å². The first-order chi connectivity index (χ1) is 16.7. The molecule has 1 amide bonds. The summed E-state index contributed by atoms with van der Waals surface area (Å²) in [7, 11) is -3.75. The number of carbonyl (C=O) groups is 1. The molecule has 0 atom stereocenters. The highest BCUT2D eigenvalue weighted by Crippen LogP contribution is 2.26. The van der Waals surface area contributed by atoms with Crippen LogP contribution in [0.3, 0.4) is 0 Å². The number of furan rings is 1. The van der Waals surface area contributed by atoms with E-state index >= 15 is 0 Å². The monoisotopic (exact) mass is 510 g/mol. The Balaban J connectivity index is 1.77. The third kappa shape index (κ3) is 6.26. The largest absolute Gasteiger partial charge is 0.467 e. The highest BCUT2D eigenvalue weighted by Gasteiger charge is 2.24. The van der Waals surface area contributed by atoms with Crippen molar-refractivity contribution >= 4 is 38.7 Å². The van der Waals surface area contributed by atoms with Gasteiger partial charge in [0.05, 0.1) is 24.7 Å². The summed E-state index contributed by atoms with van der Waals surface area (Å²) >= 11 is 6.04. The molecule has 0 bridgehead atoms. The highest BCUT2D eigenvalue weighted by atomic mass is 35.5. The zero-order valence-corrected chi connectivity index (χ0v) is 20.7. The van der Waals surface area contributed by atoms with Crippen molar-refractivity contribution in [3.05, 3.63) is 101 Å². The topological polar surface area (TPSA) is 105 Å². The van der Waals surface area contributed by atoms with Crippen LogP contribution in [0.25, 0.3) is 0 Å². The number of anilines is 2. The Morgan fingerprint density at radius 2 is 1.77 bits per heavy atom. The van der Waals surface area contributed by atoms with Gasteiger partial charge in [-0.25, -0.2) is 18.4 Å². The molecule has 2 aromatic heterocycles. The van der Waals surface area contributed by atoms with Gasteiger partial charge in [-0.05, 0) is 48.9 Å². The van der Waals surface area contributed by atoms with Crippen molar-refractivity contribution in [1.82, 2.24) is 9.97 Å². The minimum Gasteiger partial charge on any atom is -0.467 e. The van der Waals surface area contributed by atoms with Crippen molar-refractivity contribution < 1.29 is 17.6 Å². The lowest BCUT2D eigenvalue weighted by atomic mass is 10.1. The predicted molar refractivity (Wildman–Crippen MR) is 134 cm³/mol. The van der Waals surface area contributed by atoms with E-state index in [1.807, 2.05) is 42.2 Å². The van der Waals surface area contributed by atoms with E-state index in [9.17, 15) is 13.2 Å². The Labute approximate surface area is 208 Å². The van der Waals surface area contributed by atoms with E-state index in [0.717, 1.165) is 17.4 Å². The number of halogens is 1. The Morgan fingerprint density at radius 1 is 1.06 bits per heavy atom. The van der Waals surface area contributed by atoms with E-state index in [0.29, 0.717) is 35.2 Å². The van der Waals surface area contributed by atoms with Gasteiger partial charge in [-0.3, -0.25) is 4.79 Å². The van der Waals surface area contributed by atoms with Gasteiger partial charge in [-0.2, -0.15) is 0 Å². The average Bonchev–Trinajstić information content (AvgIpc) is 3.34. The molecule has 180 valence electrons. The molecule has 4 aromatic rings. The standard InChI is InChI=1S/C25H23ClN4O4S/c1-17-5-11-20(12-6-17)28-24(31)23-22(14-27-25(29-23)35(2,32)33)30(16-21-4-3-13-34-21)15-18-7-9-19(26)10-8-18/h3-14H,15-16H2,1-2H3,(H,28,31). The minimum atomic E-state index is -3.75. The third-order valence-electron chi connectivity index (χ3n) is 5.16. The normalized spacial score (nSPS) is 11.3. The van der Waals surface area contributed by atoms with E-state index in [1.165, 1.54) is 6.20 Å². The zero-order valence-electron chi connectivity index (χ0n) is 19.1. The van der Waals surface area contributed by atoms with Gasteiger partial charge in [0.25, 0.3) is 5.91 Å². The molecule has 2 aromatic carbocycles. The van der Waals surface area contributed by atoms with Gasteiger partial charge in [-0.1, -0.05) is 41.4 Å². The minimum absolute atomic E-state index is 0.0680. The molecular weight excluding hydrogens is 488 g/mol. The number of benzene rings is 2. The summed E-state index contributed by atoms with van der Waals surface area (Å²) < 4.78 is 29.9. The number of carbonyl (C=O) groups excluding carboxylic acids is 1. The molecule has 0 radical (unpaired) electrons. The molecule has 0 aliphatic rings. The van der Waals surface area contributed by atoms with E-state index in [-0.39, 0.29) is 5.69 Å².